The van der Waals surface area contributed by atoms with E-state index in [0.717, 1.165) is 38.3 Å². The minimum atomic E-state index is -0.417. The third-order valence-electron chi connectivity index (χ3n) is 5.75. The Bertz CT molecular complexity index is 848. The molecule has 4 heterocycles. The Balaban J connectivity index is 1.39. The van der Waals surface area contributed by atoms with Crippen molar-refractivity contribution in [2.45, 2.75) is 44.9 Å². The number of carbonyl (C=O) groups excluding carboxylic acids is 1. The van der Waals surface area contributed by atoms with Crippen LogP contribution in [0.25, 0.3) is 0 Å². The SMILES string of the molecule is CCn1cnnc1CN1CCOC2(CCN(c3nccc(OC)n3)CC2)CC1=O. The van der Waals surface area contributed by atoms with Gasteiger partial charge in [0, 0.05) is 38.4 Å². The largest absolute Gasteiger partial charge is 0.481 e. The van der Waals surface area contributed by atoms with E-state index >= 15 is 0 Å². The molecule has 2 aliphatic heterocycles. The van der Waals surface area contributed by atoms with E-state index in [9.17, 15) is 4.79 Å². The topological polar surface area (TPSA) is 98.5 Å². The molecule has 0 aliphatic carbocycles. The summed E-state index contributed by atoms with van der Waals surface area (Å²) in [6.07, 6.45) is 5.31. The van der Waals surface area contributed by atoms with Gasteiger partial charge in [0.2, 0.25) is 17.7 Å². The molecule has 29 heavy (non-hydrogen) atoms. The highest BCUT2D eigenvalue weighted by Gasteiger charge is 2.41. The number of hydrogen-bond acceptors (Lipinski definition) is 8. The molecular formula is C19H27N7O3. The van der Waals surface area contributed by atoms with Gasteiger partial charge >= 0.3 is 0 Å². The summed E-state index contributed by atoms with van der Waals surface area (Å²) in [5.41, 5.74) is -0.417. The van der Waals surface area contributed by atoms with Crippen molar-refractivity contribution in [3.05, 3.63) is 24.4 Å². The molecule has 0 saturated carbocycles. The van der Waals surface area contributed by atoms with Crippen LogP contribution in [0.1, 0.15) is 32.0 Å². The lowest BCUT2D eigenvalue weighted by atomic mass is 9.87. The van der Waals surface area contributed by atoms with Gasteiger partial charge in [-0.2, -0.15) is 4.98 Å². The summed E-state index contributed by atoms with van der Waals surface area (Å²) >= 11 is 0. The summed E-state index contributed by atoms with van der Waals surface area (Å²) < 4.78 is 13.4. The number of carbonyl (C=O) groups is 1. The smallest absolute Gasteiger partial charge is 0.228 e. The first kappa shape index (κ1) is 19.6. The van der Waals surface area contributed by atoms with Crippen molar-refractivity contribution in [3.63, 3.8) is 0 Å². The second kappa shape index (κ2) is 8.32. The summed E-state index contributed by atoms with van der Waals surface area (Å²) in [4.78, 5) is 25.7. The number of nitrogens with zero attached hydrogens (tertiary/aromatic N) is 7. The molecule has 2 fully saturated rings. The highest BCUT2D eigenvalue weighted by molar-refractivity contribution is 5.77. The number of ether oxygens (including phenoxy) is 2. The van der Waals surface area contributed by atoms with E-state index < -0.39 is 5.60 Å². The molecule has 0 bridgehead atoms. The molecule has 2 saturated heterocycles. The van der Waals surface area contributed by atoms with E-state index in [0.29, 0.717) is 37.9 Å². The van der Waals surface area contributed by atoms with Crippen LogP contribution in [0.5, 0.6) is 5.88 Å². The Labute approximate surface area is 169 Å². The van der Waals surface area contributed by atoms with Gasteiger partial charge in [-0.15, -0.1) is 10.2 Å². The van der Waals surface area contributed by atoms with Gasteiger partial charge in [0.05, 0.1) is 32.3 Å². The van der Waals surface area contributed by atoms with Gasteiger partial charge in [-0.3, -0.25) is 4.79 Å². The molecular weight excluding hydrogens is 374 g/mol. The molecule has 2 aromatic rings. The zero-order chi connectivity index (χ0) is 20.3. The maximum atomic E-state index is 13.0. The van der Waals surface area contributed by atoms with Crippen molar-refractivity contribution in [3.8, 4) is 5.88 Å². The van der Waals surface area contributed by atoms with E-state index in [4.69, 9.17) is 9.47 Å². The van der Waals surface area contributed by atoms with Gasteiger partial charge < -0.3 is 23.8 Å². The van der Waals surface area contributed by atoms with E-state index in [1.54, 1.807) is 25.7 Å². The quantitative estimate of drug-likeness (QED) is 0.728. The molecule has 0 radical (unpaired) electrons. The first-order chi connectivity index (χ1) is 14.1. The number of aryl methyl sites for hydroxylation is 1. The van der Waals surface area contributed by atoms with Gasteiger partial charge in [-0.1, -0.05) is 0 Å². The van der Waals surface area contributed by atoms with Gasteiger partial charge in [0.15, 0.2) is 5.82 Å². The Morgan fingerprint density at radius 1 is 1.28 bits per heavy atom. The average Bonchev–Trinajstić information content (AvgIpc) is 3.14. The predicted molar refractivity (Wildman–Crippen MR) is 104 cm³/mol. The van der Waals surface area contributed by atoms with Gasteiger partial charge in [-0.25, -0.2) is 4.98 Å². The molecule has 10 heteroatoms. The van der Waals surface area contributed by atoms with Crippen LogP contribution in [-0.2, 0) is 22.6 Å². The molecule has 1 spiro atoms. The fraction of sp³-hybridized carbons (Fsp3) is 0.632. The Morgan fingerprint density at radius 2 is 2.10 bits per heavy atom. The number of aromatic nitrogens is 5. The van der Waals surface area contributed by atoms with Crippen LogP contribution in [0.15, 0.2) is 18.6 Å². The molecule has 0 N–H and O–H groups in total. The Kier molecular flexibility index (Phi) is 5.61. The van der Waals surface area contributed by atoms with Crippen LogP contribution in [0.2, 0.25) is 0 Å². The molecule has 2 aliphatic rings. The lowest BCUT2D eigenvalue weighted by Gasteiger charge is -2.40. The first-order valence-electron chi connectivity index (χ1n) is 10.0. The maximum Gasteiger partial charge on any atom is 0.228 e. The molecule has 1 amide bonds. The average molecular weight is 401 g/mol. The number of piperidine rings is 1. The molecule has 4 rings (SSSR count). The van der Waals surface area contributed by atoms with Crippen LogP contribution in [0.4, 0.5) is 5.95 Å². The summed E-state index contributed by atoms with van der Waals surface area (Å²) in [6, 6.07) is 1.73. The van der Waals surface area contributed by atoms with Crippen molar-refractivity contribution in [1.29, 1.82) is 0 Å². The van der Waals surface area contributed by atoms with Crippen LogP contribution < -0.4 is 9.64 Å². The highest BCUT2D eigenvalue weighted by Crippen LogP contribution is 2.33. The van der Waals surface area contributed by atoms with Crippen LogP contribution >= 0.6 is 0 Å². The monoisotopic (exact) mass is 401 g/mol. The number of anilines is 1. The number of rotatable bonds is 5. The first-order valence-corrected chi connectivity index (χ1v) is 10.0. The van der Waals surface area contributed by atoms with Crippen molar-refractivity contribution >= 4 is 11.9 Å². The summed E-state index contributed by atoms with van der Waals surface area (Å²) in [5.74, 6) is 2.12. The molecule has 156 valence electrons. The molecule has 0 aromatic carbocycles. The van der Waals surface area contributed by atoms with Crippen molar-refractivity contribution in [2.24, 2.45) is 0 Å². The minimum absolute atomic E-state index is 0.110. The molecule has 10 nitrogen and oxygen atoms in total. The Morgan fingerprint density at radius 3 is 2.86 bits per heavy atom. The predicted octanol–water partition coefficient (Wildman–Crippen LogP) is 0.885. The van der Waals surface area contributed by atoms with E-state index in [-0.39, 0.29) is 5.91 Å². The van der Waals surface area contributed by atoms with Crippen molar-refractivity contribution in [2.75, 3.05) is 38.3 Å². The molecule has 2 aromatic heterocycles. The number of amides is 1. The maximum absolute atomic E-state index is 13.0. The zero-order valence-electron chi connectivity index (χ0n) is 17.0. The fourth-order valence-electron chi connectivity index (χ4n) is 3.97. The van der Waals surface area contributed by atoms with Gasteiger partial charge in [0.1, 0.15) is 6.33 Å². The van der Waals surface area contributed by atoms with Crippen molar-refractivity contribution < 1.29 is 14.3 Å². The van der Waals surface area contributed by atoms with Crippen LogP contribution in [-0.4, -0.2) is 74.5 Å². The minimum Gasteiger partial charge on any atom is -0.481 e. The lowest BCUT2D eigenvalue weighted by molar-refractivity contribution is -0.134. The lowest BCUT2D eigenvalue weighted by Crippen LogP contribution is -2.47. The third-order valence-corrected chi connectivity index (χ3v) is 5.75. The van der Waals surface area contributed by atoms with E-state index in [1.807, 2.05) is 16.4 Å². The summed E-state index contributed by atoms with van der Waals surface area (Å²) in [5, 5.41) is 8.11. The van der Waals surface area contributed by atoms with Crippen LogP contribution in [0, 0.1) is 0 Å². The summed E-state index contributed by atoms with van der Waals surface area (Å²) in [7, 11) is 1.59. The second-order valence-electron chi connectivity index (χ2n) is 7.44. The molecule has 0 unspecified atom stereocenters. The number of methoxy groups -OCH3 is 1. The van der Waals surface area contributed by atoms with Gasteiger partial charge in [0.25, 0.3) is 0 Å². The zero-order valence-corrected chi connectivity index (χ0v) is 17.0. The Hall–Kier alpha value is -2.75. The summed E-state index contributed by atoms with van der Waals surface area (Å²) in [6.45, 7) is 5.87. The van der Waals surface area contributed by atoms with Crippen molar-refractivity contribution in [1.82, 2.24) is 29.6 Å². The fourth-order valence-corrected chi connectivity index (χ4v) is 3.97. The van der Waals surface area contributed by atoms with Gasteiger partial charge in [-0.05, 0) is 19.8 Å². The number of hydrogen-bond donors (Lipinski definition) is 0. The normalized spacial score (nSPS) is 19.4. The second-order valence-corrected chi connectivity index (χ2v) is 7.44. The third kappa shape index (κ3) is 4.16. The van der Waals surface area contributed by atoms with E-state index in [2.05, 4.69) is 25.1 Å². The standard InChI is InChI=1S/C19H27N7O3/c1-3-24-14-21-23-15(24)13-26-10-11-29-19(12-17(26)27)5-8-25(9-6-19)18-20-7-4-16(22-18)28-2/h4,7,14H,3,5-6,8-13H2,1-2H3. The van der Waals surface area contributed by atoms with Crippen LogP contribution in [0.3, 0.4) is 0 Å². The molecule has 0 atom stereocenters. The highest BCUT2D eigenvalue weighted by atomic mass is 16.5. The van der Waals surface area contributed by atoms with E-state index in [1.165, 1.54) is 0 Å².